The van der Waals surface area contributed by atoms with E-state index in [9.17, 15) is 4.79 Å². The van der Waals surface area contributed by atoms with Crippen LogP contribution in [0.25, 0.3) is 0 Å². The quantitative estimate of drug-likeness (QED) is 0.862. The summed E-state index contributed by atoms with van der Waals surface area (Å²) in [7, 11) is 1.82. The predicted molar refractivity (Wildman–Crippen MR) is 70.2 cm³/mol. The van der Waals surface area contributed by atoms with Gasteiger partial charge in [0, 0.05) is 26.2 Å². The van der Waals surface area contributed by atoms with Crippen LogP contribution < -0.4 is 5.73 Å². The van der Waals surface area contributed by atoms with Crippen molar-refractivity contribution in [1.29, 1.82) is 0 Å². The van der Waals surface area contributed by atoms with Crippen LogP contribution in [0.2, 0.25) is 0 Å². The highest BCUT2D eigenvalue weighted by Crippen LogP contribution is 2.25. The van der Waals surface area contributed by atoms with Crippen LogP contribution in [0.5, 0.6) is 0 Å². The topological polar surface area (TPSA) is 64.2 Å². The summed E-state index contributed by atoms with van der Waals surface area (Å²) in [5, 5.41) is 4.33. The van der Waals surface area contributed by atoms with Gasteiger partial charge in [-0.1, -0.05) is 13.8 Å². The van der Waals surface area contributed by atoms with Crippen LogP contribution in [-0.2, 0) is 13.5 Å². The summed E-state index contributed by atoms with van der Waals surface area (Å²) in [6.45, 7) is 5.53. The van der Waals surface area contributed by atoms with Crippen LogP contribution in [0, 0.1) is 5.92 Å². The number of nitrogens with zero attached hydrogens (tertiary/aromatic N) is 3. The van der Waals surface area contributed by atoms with Crippen molar-refractivity contribution < 1.29 is 4.79 Å². The molecular weight excluding hydrogens is 228 g/mol. The highest BCUT2D eigenvalue weighted by molar-refractivity contribution is 5.93. The van der Waals surface area contributed by atoms with Crippen LogP contribution in [0.4, 0.5) is 0 Å². The Morgan fingerprint density at radius 2 is 2.33 bits per heavy atom. The van der Waals surface area contributed by atoms with Gasteiger partial charge >= 0.3 is 0 Å². The average Bonchev–Trinajstić information content (AvgIpc) is 2.91. The van der Waals surface area contributed by atoms with Crippen LogP contribution in [0.1, 0.15) is 36.5 Å². The van der Waals surface area contributed by atoms with Gasteiger partial charge < -0.3 is 10.6 Å². The number of likely N-dealkylation sites (tertiary alicyclic amines) is 1. The van der Waals surface area contributed by atoms with Crippen molar-refractivity contribution in [1.82, 2.24) is 14.7 Å². The van der Waals surface area contributed by atoms with Gasteiger partial charge in [0.25, 0.3) is 5.91 Å². The minimum absolute atomic E-state index is 0.0597. The smallest absolute Gasteiger partial charge is 0.272 e. The van der Waals surface area contributed by atoms with E-state index in [1.54, 1.807) is 4.68 Å². The summed E-state index contributed by atoms with van der Waals surface area (Å²) in [6.07, 6.45) is 1.88. The molecular formula is C13H22N4O. The minimum Gasteiger partial charge on any atom is -0.333 e. The average molecular weight is 250 g/mol. The van der Waals surface area contributed by atoms with Gasteiger partial charge in [-0.3, -0.25) is 9.48 Å². The molecule has 18 heavy (non-hydrogen) atoms. The molecule has 1 amide bonds. The SMILES string of the molecule is CCc1cc(C(=O)N2CCC(C)C2CN)n(C)n1. The van der Waals surface area contributed by atoms with Crippen molar-refractivity contribution in [3.05, 3.63) is 17.5 Å². The van der Waals surface area contributed by atoms with Crippen LogP contribution >= 0.6 is 0 Å². The number of aryl methyl sites for hydroxylation is 2. The number of rotatable bonds is 3. The first-order valence-electron chi connectivity index (χ1n) is 6.62. The summed E-state index contributed by atoms with van der Waals surface area (Å²) >= 11 is 0. The van der Waals surface area contributed by atoms with Crippen molar-refractivity contribution in [3.63, 3.8) is 0 Å². The van der Waals surface area contributed by atoms with Crippen molar-refractivity contribution in [3.8, 4) is 0 Å². The number of nitrogens with two attached hydrogens (primary N) is 1. The molecule has 1 aromatic rings. The Hall–Kier alpha value is -1.36. The summed E-state index contributed by atoms with van der Waals surface area (Å²) in [6, 6.07) is 2.05. The molecule has 2 heterocycles. The number of hydrogen-bond donors (Lipinski definition) is 1. The molecule has 2 N–H and O–H groups in total. The van der Waals surface area contributed by atoms with E-state index in [4.69, 9.17) is 5.73 Å². The molecule has 0 spiro atoms. The van der Waals surface area contributed by atoms with E-state index in [1.807, 2.05) is 24.9 Å². The highest BCUT2D eigenvalue weighted by Gasteiger charge is 2.34. The monoisotopic (exact) mass is 250 g/mol. The number of carbonyl (C=O) groups is 1. The van der Waals surface area contributed by atoms with Gasteiger partial charge in [-0.05, 0) is 24.8 Å². The largest absolute Gasteiger partial charge is 0.333 e. The maximum absolute atomic E-state index is 12.5. The zero-order valence-corrected chi connectivity index (χ0v) is 11.4. The lowest BCUT2D eigenvalue weighted by atomic mass is 10.0. The number of hydrogen-bond acceptors (Lipinski definition) is 3. The molecule has 1 aliphatic rings. The first-order chi connectivity index (χ1) is 8.58. The fourth-order valence-corrected chi connectivity index (χ4v) is 2.67. The minimum atomic E-state index is 0.0597. The second kappa shape index (κ2) is 5.10. The van der Waals surface area contributed by atoms with Gasteiger partial charge in [0.1, 0.15) is 5.69 Å². The molecule has 0 radical (unpaired) electrons. The van der Waals surface area contributed by atoms with Crippen LogP contribution in [-0.4, -0.2) is 39.7 Å². The highest BCUT2D eigenvalue weighted by atomic mass is 16.2. The molecule has 1 aromatic heterocycles. The van der Waals surface area contributed by atoms with E-state index in [0.717, 1.165) is 25.1 Å². The van der Waals surface area contributed by atoms with Crippen LogP contribution in [0.3, 0.4) is 0 Å². The van der Waals surface area contributed by atoms with Crippen molar-refractivity contribution in [2.24, 2.45) is 18.7 Å². The van der Waals surface area contributed by atoms with Crippen molar-refractivity contribution in [2.45, 2.75) is 32.7 Å². The molecule has 0 bridgehead atoms. The van der Waals surface area contributed by atoms with Crippen LogP contribution in [0.15, 0.2) is 6.07 Å². The Balaban J connectivity index is 2.23. The molecule has 0 saturated carbocycles. The first kappa shape index (κ1) is 13.1. The molecule has 5 heteroatoms. The van der Waals surface area contributed by atoms with Gasteiger partial charge in [-0.25, -0.2) is 0 Å². The van der Waals surface area contributed by atoms with E-state index in [1.165, 1.54) is 0 Å². The fourth-order valence-electron chi connectivity index (χ4n) is 2.67. The van der Waals surface area contributed by atoms with E-state index < -0.39 is 0 Å². The Bertz CT molecular complexity index is 440. The summed E-state index contributed by atoms with van der Waals surface area (Å²) < 4.78 is 1.68. The normalized spacial score (nSPS) is 23.7. The third-order valence-corrected chi connectivity index (χ3v) is 3.90. The molecule has 2 atom stereocenters. The first-order valence-corrected chi connectivity index (χ1v) is 6.62. The Morgan fingerprint density at radius 3 is 2.89 bits per heavy atom. The van der Waals surface area contributed by atoms with Gasteiger partial charge in [0.15, 0.2) is 0 Å². The molecule has 0 aliphatic carbocycles. The van der Waals surface area contributed by atoms with Gasteiger partial charge in [-0.15, -0.1) is 0 Å². The van der Waals surface area contributed by atoms with Crippen molar-refractivity contribution in [2.75, 3.05) is 13.1 Å². The molecule has 2 unspecified atom stereocenters. The zero-order chi connectivity index (χ0) is 13.3. The zero-order valence-electron chi connectivity index (χ0n) is 11.4. The second-order valence-corrected chi connectivity index (χ2v) is 5.07. The van der Waals surface area contributed by atoms with E-state index in [0.29, 0.717) is 18.2 Å². The molecule has 1 fully saturated rings. The van der Waals surface area contributed by atoms with Gasteiger partial charge in [-0.2, -0.15) is 5.10 Å². The molecule has 100 valence electrons. The maximum Gasteiger partial charge on any atom is 0.272 e. The third-order valence-electron chi connectivity index (χ3n) is 3.90. The number of carbonyl (C=O) groups excluding carboxylic acids is 1. The van der Waals surface area contributed by atoms with E-state index >= 15 is 0 Å². The number of aromatic nitrogens is 2. The lowest BCUT2D eigenvalue weighted by Gasteiger charge is -2.25. The molecule has 0 aromatic carbocycles. The Labute approximate surface area is 108 Å². The van der Waals surface area contributed by atoms with E-state index in [2.05, 4.69) is 12.0 Å². The van der Waals surface area contributed by atoms with Crippen molar-refractivity contribution >= 4 is 5.91 Å². The van der Waals surface area contributed by atoms with Gasteiger partial charge in [0.05, 0.1) is 5.69 Å². The molecule has 1 aliphatic heterocycles. The summed E-state index contributed by atoms with van der Waals surface area (Å²) in [5.74, 6) is 0.544. The number of amides is 1. The molecule has 2 rings (SSSR count). The predicted octanol–water partition coefficient (Wildman–Crippen LogP) is 0.792. The van der Waals surface area contributed by atoms with E-state index in [-0.39, 0.29) is 11.9 Å². The fraction of sp³-hybridized carbons (Fsp3) is 0.692. The summed E-state index contributed by atoms with van der Waals surface area (Å²) in [4.78, 5) is 14.4. The Kier molecular flexibility index (Phi) is 3.71. The Morgan fingerprint density at radius 1 is 1.61 bits per heavy atom. The van der Waals surface area contributed by atoms with Gasteiger partial charge in [0.2, 0.25) is 0 Å². The lowest BCUT2D eigenvalue weighted by Crippen LogP contribution is -2.42. The maximum atomic E-state index is 12.5. The molecule has 1 saturated heterocycles. The lowest BCUT2D eigenvalue weighted by molar-refractivity contribution is 0.0716. The standard InChI is InChI=1S/C13H22N4O/c1-4-10-7-11(16(3)15-10)13(18)17-6-5-9(2)12(17)8-14/h7,9,12H,4-6,8,14H2,1-3H3. The molecule has 5 nitrogen and oxygen atoms in total. The summed E-state index contributed by atoms with van der Waals surface area (Å²) in [5.41, 5.74) is 7.41. The third kappa shape index (κ3) is 2.14. The second-order valence-electron chi connectivity index (χ2n) is 5.07.